The van der Waals surface area contributed by atoms with E-state index in [0.29, 0.717) is 6.04 Å². The third-order valence-corrected chi connectivity index (χ3v) is 4.13. The lowest BCUT2D eigenvalue weighted by atomic mass is 10.1. The molecule has 0 aromatic heterocycles. The van der Waals surface area contributed by atoms with Crippen molar-refractivity contribution in [3.63, 3.8) is 0 Å². The summed E-state index contributed by atoms with van der Waals surface area (Å²) in [6.45, 7) is 3.30. The van der Waals surface area contributed by atoms with Crippen molar-refractivity contribution in [1.29, 1.82) is 0 Å². The Morgan fingerprint density at radius 2 is 1.78 bits per heavy atom. The predicted molar refractivity (Wildman–Crippen MR) is 94.7 cm³/mol. The van der Waals surface area contributed by atoms with Gasteiger partial charge in [-0.15, -0.1) is 0 Å². The van der Waals surface area contributed by atoms with Gasteiger partial charge in [-0.3, -0.25) is 0 Å². The van der Waals surface area contributed by atoms with Crippen LogP contribution < -0.4 is 14.8 Å². The van der Waals surface area contributed by atoms with E-state index in [0.717, 1.165) is 35.9 Å². The summed E-state index contributed by atoms with van der Waals surface area (Å²) in [5.74, 6) is 1.56. The first-order valence-corrected chi connectivity index (χ1v) is 8.29. The molecule has 0 fully saturated rings. The fourth-order valence-electron chi connectivity index (χ4n) is 2.69. The summed E-state index contributed by atoms with van der Waals surface area (Å²) in [6.07, 6.45) is 2.02. The van der Waals surface area contributed by atoms with Gasteiger partial charge < -0.3 is 14.8 Å². The highest BCUT2D eigenvalue weighted by atomic mass is 35.5. The van der Waals surface area contributed by atoms with Gasteiger partial charge in [-0.05, 0) is 42.3 Å². The number of quaternary nitrogens is 1. The van der Waals surface area contributed by atoms with Crippen molar-refractivity contribution >= 4 is 11.6 Å². The van der Waals surface area contributed by atoms with E-state index in [1.165, 1.54) is 11.1 Å². The Morgan fingerprint density at radius 3 is 2.48 bits per heavy atom. The van der Waals surface area contributed by atoms with Crippen LogP contribution in [0.25, 0.3) is 0 Å². The second-order valence-corrected chi connectivity index (χ2v) is 6.21. The van der Waals surface area contributed by atoms with Crippen molar-refractivity contribution in [3.8, 4) is 11.5 Å². The first kappa shape index (κ1) is 17.6. The second-order valence-electron chi connectivity index (χ2n) is 5.78. The van der Waals surface area contributed by atoms with Gasteiger partial charge in [0, 0.05) is 17.9 Å². The number of halogens is 1. The van der Waals surface area contributed by atoms with Crippen LogP contribution in [-0.4, -0.2) is 26.8 Å². The maximum absolute atomic E-state index is 6.01. The maximum atomic E-state index is 6.01. The molecule has 2 rings (SSSR count). The second kappa shape index (κ2) is 8.80. The molecule has 2 N–H and O–H groups in total. The van der Waals surface area contributed by atoms with Crippen LogP contribution in [0.1, 0.15) is 18.1 Å². The molecule has 3 nitrogen and oxygen atoms in total. The normalized spacial score (nSPS) is 12.0. The van der Waals surface area contributed by atoms with E-state index >= 15 is 0 Å². The molecule has 4 heteroatoms. The lowest BCUT2D eigenvalue weighted by Crippen LogP contribution is -2.90. The van der Waals surface area contributed by atoms with Gasteiger partial charge >= 0.3 is 0 Å². The molecule has 0 bridgehead atoms. The summed E-state index contributed by atoms with van der Waals surface area (Å²) in [4.78, 5) is 0. The minimum Gasteiger partial charge on any atom is -0.493 e. The molecular formula is C19H25ClNO2+. The number of hydrogen-bond donors (Lipinski definition) is 1. The van der Waals surface area contributed by atoms with E-state index in [2.05, 4.69) is 30.4 Å². The maximum Gasteiger partial charge on any atom is 0.160 e. The highest BCUT2D eigenvalue weighted by molar-refractivity contribution is 6.30. The zero-order valence-corrected chi connectivity index (χ0v) is 14.8. The SMILES string of the molecule is COc1ccc(C[C@H](C)[NH2+]CCc2cccc(Cl)c2)cc1OC. The first-order chi connectivity index (χ1) is 11.1. The van der Waals surface area contributed by atoms with Gasteiger partial charge in [0.15, 0.2) is 11.5 Å². The average Bonchev–Trinajstić information content (AvgIpc) is 2.54. The molecule has 0 aliphatic heterocycles. The Labute approximate surface area is 143 Å². The largest absolute Gasteiger partial charge is 0.493 e. The Bertz CT molecular complexity index is 631. The minimum absolute atomic E-state index is 0.507. The highest BCUT2D eigenvalue weighted by Crippen LogP contribution is 2.27. The van der Waals surface area contributed by atoms with Crippen molar-refractivity contribution in [1.82, 2.24) is 0 Å². The van der Waals surface area contributed by atoms with Gasteiger partial charge in [0.25, 0.3) is 0 Å². The average molecular weight is 335 g/mol. The summed E-state index contributed by atoms with van der Waals surface area (Å²) < 4.78 is 10.6. The van der Waals surface area contributed by atoms with Crippen molar-refractivity contribution < 1.29 is 14.8 Å². The zero-order valence-electron chi connectivity index (χ0n) is 14.0. The number of hydrogen-bond acceptors (Lipinski definition) is 2. The van der Waals surface area contributed by atoms with Crippen LogP contribution in [0.2, 0.25) is 5.02 Å². The van der Waals surface area contributed by atoms with Crippen molar-refractivity contribution in [3.05, 3.63) is 58.6 Å². The van der Waals surface area contributed by atoms with Crippen molar-refractivity contribution in [2.75, 3.05) is 20.8 Å². The van der Waals surface area contributed by atoms with Gasteiger partial charge in [0.1, 0.15) is 0 Å². The monoisotopic (exact) mass is 334 g/mol. The fourth-order valence-corrected chi connectivity index (χ4v) is 2.90. The topological polar surface area (TPSA) is 35.1 Å². The van der Waals surface area contributed by atoms with Gasteiger partial charge in [0.2, 0.25) is 0 Å². The number of benzene rings is 2. The Morgan fingerprint density at radius 1 is 1.00 bits per heavy atom. The summed E-state index contributed by atoms with van der Waals surface area (Å²) in [5.41, 5.74) is 2.54. The molecule has 0 amide bonds. The molecule has 2 aromatic rings. The van der Waals surface area contributed by atoms with Crippen LogP contribution in [0.15, 0.2) is 42.5 Å². The molecule has 0 aliphatic rings. The van der Waals surface area contributed by atoms with E-state index in [9.17, 15) is 0 Å². The van der Waals surface area contributed by atoms with Crippen LogP contribution in [-0.2, 0) is 12.8 Å². The lowest BCUT2D eigenvalue weighted by Gasteiger charge is -2.13. The summed E-state index contributed by atoms with van der Waals surface area (Å²) >= 11 is 6.01. The molecule has 124 valence electrons. The molecule has 0 radical (unpaired) electrons. The minimum atomic E-state index is 0.507. The van der Waals surface area contributed by atoms with Gasteiger partial charge in [0.05, 0.1) is 26.8 Å². The van der Waals surface area contributed by atoms with Crippen LogP contribution in [0.5, 0.6) is 11.5 Å². The third kappa shape index (κ3) is 5.45. The molecule has 0 heterocycles. The van der Waals surface area contributed by atoms with Gasteiger partial charge in [-0.2, -0.15) is 0 Å². The summed E-state index contributed by atoms with van der Waals surface area (Å²) in [7, 11) is 3.33. The molecule has 1 atom stereocenters. The predicted octanol–water partition coefficient (Wildman–Crippen LogP) is 3.09. The van der Waals surface area contributed by atoms with E-state index in [4.69, 9.17) is 21.1 Å². The van der Waals surface area contributed by atoms with E-state index in [1.54, 1.807) is 14.2 Å². The molecule has 0 saturated heterocycles. The van der Waals surface area contributed by atoms with Crippen LogP contribution in [0, 0.1) is 0 Å². The molecule has 0 aliphatic carbocycles. The standard InChI is InChI=1S/C19H24ClNO2/c1-14(21-10-9-15-5-4-6-17(20)12-15)11-16-7-8-18(22-2)19(13-16)23-3/h4-8,12-14,21H,9-11H2,1-3H3/p+1/t14-/m0/s1. The smallest absolute Gasteiger partial charge is 0.160 e. The van der Waals surface area contributed by atoms with E-state index in [1.807, 2.05) is 24.3 Å². The van der Waals surface area contributed by atoms with Crippen molar-refractivity contribution in [2.24, 2.45) is 0 Å². The number of rotatable bonds is 8. The number of methoxy groups -OCH3 is 2. The quantitative estimate of drug-likeness (QED) is 0.805. The van der Waals surface area contributed by atoms with Gasteiger partial charge in [-0.25, -0.2) is 0 Å². The summed E-state index contributed by atoms with van der Waals surface area (Å²) in [5, 5.41) is 3.18. The first-order valence-electron chi connectivity index (χ1n) is 7.91. The third-order valence-electron chi connectivity index (χ3n) is 3.90. The Kier molecular flexibility index (Phi) is 6.75. The Hall–Kier alpha value is -1.71. The van der Waals surface area contributed by atoms with Gasteiger partial charge in [-0.1, -0.05) is 29.8 Å². The van der Waals surface area contributed by atoms with Crippen LogP contribution in [0.4, 0.5) is 0 Å². The Balaban J connectivity index is 1.83. The summed E-state index contributed by atoms with van der Waals surface area (Å²) in [6, 6.07) is 14.7. The number of nitrogens with two attached hydrogens (primary N) is 1. The van der Waals surface area contributed by atoms with E-state index in [-0.39, 0.29) is 0 Å². The molecule has 0 unspecified atom stereocenters. The van der Waals surface area contributed by atoms with E-state index < -0.39 is 0 Å². The molecule has 0 saturated carbocycles. The number of ether oxygens (including phenoxy) is 2. The molecular weight excluding hydrogens is 310 g/mol. The highest BCUT2D eigenvalue weighted by Gasteiger charge is 2.10. The lowest BCUT2D eigenvalue weighted by molar-refractivity contribution is -0.685. The fraction of sp³-hybridized carbons (Fsp3) is 0.368. The van der Waals surface area contributed by atoms with Crippen molar-refractivity contribution in [2.45, 2.75) is 25.8 Å². The molecule has 0 spiro atoms. The molecule has 23 heavy (non-hydrogen) atoms. The molecule has 2 aromatic carbocycles. The van der Waals surface area contributed by atoms with Crippen LogP contribution >= 0.6 is 11.6 Å². The van der Waals surface area contributed by atoms with Crippen LogP contribution in [0.3, 0.4) is 0 Å². The zero-order chi connectivity index (χ0) is 16.7.